The molecule has 0 aliphatic rings. The molecule has 2 aromatic rings. The van der Waals surface area contributed by atoms with Gasteiger partial charge in [0.25, 0.3) is 0 Å². The number of hydrogen-bond donors (Lipinski definition) is 0. The van der Waals surface area contributed by atoms with Crippen LogP contribution in [0.1, 0.15) is 20.3 Å². The third kappa shape index (κ3) is 3.66. The van der Waals surface area contributed by atoms with Crippen molar-refractivity contribution >= 4 is 34.4 Å². The number of rotatable bonds is 6. The summed E-state index contributed by atoms with van der Waals surface area (Å²) in [6.07, 6.45) is 0.356. The molecule has 0 fully saturated rings. The van der Waals surface area contributed by atoms with Gasteiger partial charge in [-0.2, -0.15) is 0 Å². The van der Waals surface area contributed by atoms with Crippen LogP contribution in [0.2, 0.25) is 0 Å². The maximum absolute atomic E-state index is 11.9. The Morgan fingerprint density at radius 1 is 1.05 bits per heavy atom. The summed E-state index contributed by atoms with van der Waals surface area (Å²) in [6.45, 7) is 4.30. The van der Waals surface area contributed by atoms with Gasteiger partial charge in [-0.3, -0.25) is 4.79 Å². The number of carbonyl (C=O) groups excluding carboxylic acids is 1. The number of hydrogen-bond acceptors (Lipinski definition) is 3. The van der Waals surface area contributed by atoms with Crippen LogP contribution in [0.5, 0.6) is 0 Å². The van der Waals surface area contributed by atoms with E-state index in [0.717, 1.165) is 10.6 Å². The maximum Gasteiger partial charge on any atom is 0.306 e. The normalized spacial score (nSPS) is 12.6. The van der Waals surface area contributed by atoms with Crippen LogP contribution in [0.4, 0.5) is 0 Å². The second-order valence-electron chi connectivity index (χ2n) is 5.19. The van der Waals surface area contributed by atoms with Crippen LogP contribution in [0.3, 0.4) is 0 Å². The Bertz CT molecular complexity index is 612. The van der Waals surface area contributed by atoms with Crippen LogP contribution >= 0.6 is 6.04 Å². The Morgan fingerprint density at radius 3 is 1.91 bits per heavy atom. The standard InChI is InChI=1S/C18H21O2PS/c1-3-20-18(19)14-15(2)21(22,16-10-6-4-7-11-16)17-12-8-5-9-13-17/h4-13,15H,3,14H2,1-2H3. The van der Waals surface area contributed by atoms with E-state index in [1.165, 1.54) is 0 Å². The van der Waals surface area contributed by atoms with Crippen molar-refractivity contribution in [2.45, 2.75) is 25.9 Å². The van der Waals surface area contributed by atoms with E-state index in [2.05, 4.69) is 31.2 Å². The first-order chi connectivity index (χ1) is 10.6. The van der Waals surface area contributed by atoms with Crippen LogP contribution in [0, 0.1) is 0 Å². The molecule has 2 rings (SSSR count). The summed E-state index contributed by atoms with van der Waals surface area (Å²) in [6, 6.07) is 18.3. The monoisotopic (exact) mass is 332 g/mol. The molecule has 0 heterocycles. The minimum atomic E-state index is -2.06. The molecule has 1 unspecified atom stereocenters. The summed E-state index contributed by atoms with van der Waals surface area (Å²) in [5.74, 6) is -0.170. The quantitative estimate of drug-likeness (QED) is 0.599. The van der Waals surface area contributed by atoms with E-state index in [9.17, 15) is 4.79 Å². The SMILES string of the molecule is CCOC(=O)CC(C)P(=S)(c1ccccc1)c1ccccc1. The Labute approximate surface area is 137 Å². The highest BCUT2D eigenvalue weighted by atomic mass is 32.4. The highest BCUT2D eigenvalue weighted by molar-refractivity contribution is 8.22. The fourth-order valence-electron chi connectivity index (χ4n) is 2.55. The second-order valence-corrected chi connectivity index (χ2v) is 10.1. The summed E-state index contributed by atoms with van der Waals surface area (Å²) in [7, 11) is 0. The molecule has 0 bridgehead atoms. The minimum absolute atomic E-state index is 0.0614. The Hall–Kier alpha value is -1.44. The topological polar surface area (TPSA) is 26.3 Å². The van der Waals surface area contributed by atoms with Crippen LogP contribution in [-0.4, -0.2) is 18.2 Å². The molecule has 4 heteroatoms. The number of ether oxygens (including phenoxy) is 1. The van der Waals surface area contributed by atoms with Crippen molar-refractivity contribution in [1.82, 2.24) is 0 Å². The minimum Gasteiger partial charge on any atom is -0.466 e. The molecule has 0 spiro atoms. The lowest BCUT2D eigenvalue weighted by molar-refractivity contribution is -0.143. The van der Waals surface area contributed by atoms with Crippen LogP contribution < -0.4 is 10.6 Å². The number of esters is 1. The lowest BCUT2D eigenvalue weighted by atomic mass is 10.3. The molecular weight excluding hydrogens is 311 g/mol. The summed E-state index contributed by atoms with van der Waals surface area (Å²) in [5, 5.41) is 2.29. The van der Waals surface area contributed by atoms with E-state index in [4.69, 9.17) is 16.5 Å². The van der Waals surface area contributed by atoms with Crippen molar-refractivity contribution in [1.29, 1.82) is 0 Å². The van der Waals surface area contributed by atoms with Gasteiger partial charge in [-0.25, -0.2) is 0 Å². The smallest absolute Gasteiger partial charge is 0.306 e. The molecule has 2 aromatic carbocycles. The number of benzene rings is 2. The predicted molar refractivity (Wildman–Crippen MR) is 97.1 cm³/mol. The van der Waals surface area contributed by atoms with Gasteiger partial charge in [0.15, 0.2) is 0 Å². The molecule has 0 saturated carbocycles. The summed E-state index contributed by atoms with van der Waals surface area (Å²) in [4.78, 5) is 11.9. The molecule has 22 heavy (non-hydrogen) atoms. The zero-order valence-corrected chi connectivity index (χ0v) is 14.6. The van der Waals surface area contributed by atoms with Crippen LogP contribution in [-0.2, 0) is 21.3 Å². The van der Waals surface area contributed by atoms with Crippen molar-refractivity contribution in [3.05, 3.63) is 60.7 Å². The van der Waals surface area contributed by atoms with Gasteiger partial charge in [0, 0.05) is 11.7 Å². The Kier molecular flexibility index (Phi) is 5.93. The van der Waals surface area contributed by atoms with E-state index in [0.29, 0.717) is 13.0 Å². The van der Waals surface area contributed by atoms with Gasteiger partial charge < -0.3 is 4.74 Å². The Balaban J connectivity index is 2.43. The number of carbonyl (C=O) groups is 1. The van der Waals surface area contributed by atoms with Gasteiger partial charge >= 0.3 is 5.97 Å². The molecule has 0 amide bonds. The zero-order chi connectivity index (χ0) is 16.0. The first kappa shape index (κ1) is 16.9. The van der Waals surface area contributed by atoms with E-state index >= 15 is 0 Å². The van der Waals surface area contributed by atoms with Gasteiger partial charge in [-0.15, -0.1) is 0 Å². The van der Waals surface area contributed by atoms with Gasteiger partial charge in [-0.1, -0.05) is 79.4 Å². The second kappa shape index (κ2) is 7.71. The van der Waals surface area contributed by atoms with Gasteiger partial charge in [0.1, 0.15) is 0 Å². The van der Waals surface area contributed by atoms with Crippen molar-refractivity contribution in [3.8, 4) is 0 Å². The van der Waals surface area contributed by atoms with Crippen molar-refractivity contribution in [3.63, 3.8) is 0 Å². The molecule has 0 aliphatic carbocycles. The molecule has 0 radical (unpaired) electrons. The van der Waals surface area contributed by atoms with E-state index in [1.807, 2.05) is 43.3 Å². The molecule has 0 aliphatic heterocycles. The fraction of sp³-hybridized carbons (Fsp3) is 0.278. The third-order valence-corrected chi connectivity index (χ3v) is 9.57. The van der Waals surface area contributed by atoms with E-state index in [-0.39, 0.29) is 11.6 Å². The summed E-state index contributed by atoms with van der Waals surface area (Å²) in [5.41, 5.74) is 0.0614. The molecule has 116 valence electrons. The highest BCUT2D eigenvalue weighted by Gasteiger charge is 2.30. The van der Waals surface area contributed by atoms with Crippen molar-refractivity contribution in [2.75, 3.05) is 6.61 Å². The summed E-state index contributed by atoms with van der Waals surface area (Å²) >= 11 is 6.16. The maximum atomic E-state index is 11.9. The first-order valence-electron chi connectivity index (χ1n) is 7.45. The first-order valence-corrected chi connectivity index (χ1v) is 10.3. The summed E-state index contributed by atoms with van der Waals surface area (Å²) < 4.78 is 5.11. The lowest BCUT2D eigenvalue weighted by Crippen LogP contribution is -2.26. The third-order valence-electron chi connectivity index (χ3n) is 3.67. The zero-order valence-electron chi connectivity index (χ0n) is 12.9. The van der Waals surface area contributed by atoms with Crippen LogP contribution in [0.25, 0.3) is 0 Å². The average Bonchev–Trinajstić information content (AvgIpc) is 2.55. The Morgan fingerprint density at radius 2 is 1.50 bits per heavy atom. The van der Waals surface area contributed by atoms with E-state index < -0.39 is 6.04 Å². The predicted octanol–water partition coefficient (Wildman–Crippen LogP) is 3.46. The molecule has 2 nitrogen and oxygen atoms in total. The van der Waals surface area contributed by atoms with Crippen molar-refractivity contribution < 1.29 is 9.53 Å². The largest absolute Gasteiger partial charge is 0.466 e. The lowest BCUT2D eigenvalue weighted by Gasteiger charge is -2.29. The van der Waals surface area contributed by atoms with Gasteiger partial charge in [0.05, 0.1) is 13.0 Å². The molecule has 0 N–H and O–H groups in total. The van der Waals surface area contributed by atoms with Gasteiger partial charge in [0.2, 0.25) is 0 Å². The van der Waals surface area contributed by atoms with E-state index in [1.54, 1.807) is 0 Å². The average molecular weight is 332 g/mol. The molecular formula is C18H21O2PS. The van der Waals surface area contributed by atoms with Crippen LogP contribution in [0.15, 0.2) is 60.7 Å². The highest BCUT2D eigenvalue weighted by Crippen LogP contribution is 2.50. The molecule has 0 saturated heterocycles. The molecule has 1 atom stereocenters. The fourth-order valence-corrected chi connectivity index (χ4v) is 6.45. The molecule has 0 aromatic heterocycles. The van der Waals surface area contributed by atoms with Crippen molar-refractivity contribution in [2.24, 2.45) is 0 Å². The van der Waals surface area contributed by atoms with Gasteiger partial charge in [-0.05, 0) is 17.5 Å².